The topological polar surface area (TPSA) is 109 Å². The number of amides is 2. The number of methoxy groups -OCH3 is 1. The van der Waals surface area contributed by atoms with Crippen molar-refractivity contribution in [3.63, 3.8) is 0 Å². The van der Waals surface area contributed by atoms with E-state index in [4.69, 9.17) is 14.2 Å². The number of nitrogens with zero attached hydrogens (tertiary/aromatic N) is 4. The molecule has 1 N–H and O–H groups in total. The van der Waals surface area contributed by atoms with Crippen molar-refractivity contribution in [3.05, 3.63) is 53.1 Å². The number of hydrogen-bond donors (Lipinski definition) is 1. The molecule has 3 aliphatic rings. The van der Waals surface area contributed by atoms with Crippen molar-refractivity contribution >= 4 is 17.8 Å². The third-order valence-corrected chi connectivity index (χ3v) is 9.71. The van der Waals surface area contributed by atoms with Crippen LogP contribution in [0.5, 0.6) is 17.2 Å². The maximum Gasteiger partial charge on any atom is 0.308 e. The van der Waals surface area contributed by atoms with Gasteiger partial charge in [0.1, 0.15) is 0 Å². The molecule has 3 unspecified atom stereocenters. The van der Waals surface area contributed by atoms with Gasteiger partial charge in [0.05, 0.1) is 47.3 Å². The fourth-order valence-corrected chi connectivity index (χ4v) is 7.21. The van der Waals surface area contributed by atoms with Crippen molar-refractivity contribution < 1.29 is 38.2 Å². The third kappa shape index (κ3) is 8.01. The van der Waals surface area contributed by atoms with Gasteiger partial charge < -0.3 is 33.6 Å². The van der Waals surface area contributed by atoms with Crippen molar-refractivity contribution in [2.45, 2.75) is 57.5 Å². The maximum atomic E-state index is 14.0. The second-order valence-corrected chi connectivity index (χ2v) is 14.1. The summed E-state index contributed by atoms with van der Waals surface area (Å²) in [5, 5.41) is 10.7. The van der Waals surface area contributed by atoms with E-state index in [-0.39, 0.29) is 25.2 Å². The van der Waals surface area contributed by atoms with E-state index < -0.39 is 23.8 Å². The number of unbranched alkanes of at least 4 members (excludes halogenated alkanes) is 2. The monoisotopic (exact) mass is 651 g/mol. The molecule has 256 valence electrons. The van der Waals surface area contributed by atoms with Crippen LogP contribution in [0.15, 0.2) is 36.4 Å². The van der Waals surface area contributed by atoms with Gasteiger partial charge in [-0.1, -0.05) is 31.5 Å². The summed E-state index contributed by atoms with van der Waals surface area (Å²) in [7, 11) is 8.07. The zero-order valence-corrected chi connectivity index (χ0v) is 28.6. The zero-order valence-electron chi connectivity index (χ0n) is 28.6. The van der Waals surface area contributed by atoms with Gasteiger partial charge in [0.25, 0.3) is 5.91 Å². The number of aliphatic carboxylic acids is 1. The first-order valence-electron chi connectivity index (χ1n) is 16.9. The van der Waals surface area contributed by atoms with Gasteiger partial charge >= 0.3 is 5.97 Å². The van der Waals surface area contributed by atoms with Gasteiger partial charge in [0.2, 0.25) is 18.4 Å². The first-order chi connectivity index (χ1) is 22.5. The summed E-state index contributed by atoms with van der Waals surface area (Å²) in [6, 6.07) is 10.8. The maximum absolute atomic E-state index is 14.0. The minimum atomic E-state index is -0.925. The van der Waals surface area contributed by atoms with Crippen molar-refractivity contribution in [3.8, 4) is 17.2 Å². The van der Waals surface area contributed by atoms with E-state index in [2.05, 4.69) is 28.1 Å². The van der Waals surface area contributed by atoms with Crippen LogP contribution in [0.25, 0.3) is 0 Å². The molecule has 3 heterocycles. The van der Waals surface area contributed by atoms with Gasteiger partial charge in [0.15, 0.2) is 11.5 Å². The molecule has 2 aromatic carbocycles. The van der Waals surface area contributed by atoms with Crippen LogP contribution in [-0.4, -0.2) is 122 Å². The Morgan fingerprint density at radius 1 is 1.09 bits per heavy atom. The Morgan fingerprint density at radius 2 is 1.85 bits per heavy atom. The lowest BCUT2D eigenvalue weighted by Crippen LogP contribution is -2.46. The molecule has 0 radical (unpaired) electrons. The normalized spacial score (nSPS) is 20.5. The summed E-state index contributed by atoms with van der Waals surface area (Å²) in [6.07, 6.45) is 4.27. The standard InChI is InChI=1S/C36H50N4O7/c1-6-7-15-37(16-10-11-18-40(2,3)4)32(41)23-39-22-28(26-19-30(45-5)34-31(20-26)46-24-47-34)33(36(43)44)29(39)14-17-38-21-25-12-8-9-13-27(25)35(38)42/h8-9,12-13,19-20,28-29,33H,6-7,10-11,14-18,21-24H2,1-5H3/p+1. The summed E-state index contributed by atoms with van der Waals surface area (Å²) in [5.41, 5.74) is 2.45. The summed E-state index contributed by atoms with van der Waals surface area (Å²) < 4.78 is 17.7. The van der Waals surface area contributed by atoms with Gasteiger partial charge in [-0.05, 0) is 55.0 Å². The lowest BCUT2D eigenvalue weighted by molar-refractivity contribution is -0.870. The predicted molar refractivity (Wildman–Crippen MR) is 178 cm³/mol. The number of benzene rings is 2. The van der Waals surface area contributed by atoms with E-state index >= 15 is 0 Å². The van der Waals surface area contributed by atoms with Crippen LogP contribution >= 0.6 is 0 Å². The van der Waals surface area contributed by atoms with E-state index in [1.54, 1.807) is 12.0 Å². The highest BCUT2D eigenvalue weighted by atomic mass is 16.7. The Morgan fingerprint density at radius 3 is 2.55 bits per heavy atom. The van der Waals surface area contributed by atoms with Gasteiger partial charge in [-0.3, -0.25) is 19.3 Å². The number of likely N-dealkylation sites (tertiary alicyclic amines) is 1. The fraction of sp³-hybridized carbons (Fsp3) is 0.583. The first kappa shape index (κ1) is 34.5. The van der Waals surface area contributed by atoms with Gasteiger partial charge in [0, 0.05) is 50.2 Å². The summed E-state index contributed by atoms with van der Waals surface area (Å²) in [5.74, 6) is -0.647. The van der Waals surface area contributed by atoms with E-state index in [1.807, 2.05) is 46.2 Å². The lowest BCUT2D eigenvalue weighted by atomic mass is 9.84. The molecule has 11 nitrogen and oxygen atoms in total. The van der Waals surface area contributed by atoms with Gasteiger partial charge in [-0.2, -0.15) is 0 Å². The smallest absolute Gasteiger partial charge is 0.308 e. The van der Waals surface area contributed by atoms with Crippen LogP contribution < -0.4 is 14.2 Å². The van der Waals surface area contributed by atoms with Crippen LogP contribution in [-0.2, 0) is 16.1 Å². The first-order valence-corrected chi connectivity index (χ1v) is 16.9. The van der Waals surface area contributed by atoms with Crippen LogP contribution in [0.4, 0.5) is 0 Å². The van der Waals surface area contributed by atoms with E-state index in [9.17, 15) is 19.5 Å². The summed E-state index contributed by atoms with van der Waals surface area (Å²) in [4.78, 5) is 46.1. The molecule has 11 heteroatoms. The average Bonchev–Trinajstić information content (AvgIpc) is 3.74. The van der Waals surface area contributed by atoms with Gasteiger partial charge in [-0.15, -0.1) is 0 Å². The number of rotatable bonds is 16. The number of carboxylic acids is 1. The molecule has 0 spiro atoms. The number of fused-ring (bicyclic) bond motifs is 2. The largest absolute Gasteiger partial charge is 0.493 e. The molecule has 3 atom stereocenters. The van der Waals surface area contributed by atoms with E-state index in [1.165, 1.54) is 0 Å². The Balaban J connectivity index is 1.39. The van der Waals surface area contributed by atoms with E-state index in [0.717, 1.165) is 47.8 Å². The van der Waals surface area contributed by atoms with Crippen molar-refractivity contribution in [2.24, 2.45) is 5.92 Å². The SMILES string of the molecule is CCCCN(CCCC[N+](C)(C)C)C(=O)CN1CC(c2cc(OC)c3c(c2)OCO3)C(C(=O)O)C1CCN1Cc2ccccc2C1=O. The molecular weight excluding hydrogens is 600 g/mol. The minimum absolute atomic E-state index is 0.0198. The Hall–Kier alpha value is -3.83. The molecule has 0 saturated carbocycles. The van der Waals surface area contributed by atoms with Crippen molar-refractivity contribution in [1.29, 1.82) is 0 Å². The van der Waals surface area contributed by atoms with Crippen LogP contribution in [0, 0.1) is 5.92 Å². The highest BCUT2D eigenvalue weighted by Crippen LogP contribution is 2.47. The molecule has 5 rings (SSSR count). The molecular formula is C36H51N4O7+. The summed E-state index contributed by atoms with van der Waals surface area (Å²) >= 11 is 0. The second-order valence-electron chi connectivity index (χ2n) is 14.1. The van der Waals surface area contributed by atoms with Crippen LogP contribution in [0.1, 0.15) is 66.4 Å². The molecule has 0 aliphatic carbocycles. The Kier molecular flexibility index (Phi) is 11.0. The molecule has 47 heavy (non-hydrogen) atoms. The number of ether oxygens (including phenoxy) is 3. The molecule has 0 aromatic heterocycles. The van der Waals surface area contributed by atoms with Crippen molar-refractivity contribution in [2.75, 3.05) is 74.3 Å². The number of hydrogen-bond acceptors (Lipinski definition) is 7. The van der Waals surface area contributed by atoms with Crippen molar-refractivity contribution in [1.82, 2.24) is 14.7 Å². The molecule has 3 aliphatic heterocycles. The predicted octanol–water partition coefficient (Wildman–Crippen LogP) is 4.05. The number of carbonyl (C=O) groups excluding carboxylic acids is 2. The number of carbonyl (C=O) groups is 3. The second kappa shape index (κ2) is 14.9. The average molecular weight is 652 g/mol. The quantitative estimate of drug-likeness (QED) is 0.214. The molecule has 1 fully saturated rings. The molecule has 2 aromatic rings. The number of quaternary nitrogens is 1. The minimum Gasteiger partial charge on any atom is -0.493 e. The Labute approximate surface area is 278 Å². The summed E-state index contributed by atoms with van der Waals surface area (Å²) in [6.45, 7) is 5.99. The highest BCUT2D eigenvalue weighted by Gasteiger charge is 2.48. The molecule has 1 saturated heterocycles. The lowest BCUT2D eigenvalue weighted by Gasteiger charge is -2.31. The fourth-order valence-electron chi connectivity index (χ4n) is 7.21. The highest BCUT2D eigenvalue weighted by molar-refractivity contribution is 5.98. The Bertz CT molecular complexity index is 1440. The molecule has 0 bridgehead atoms. The molecule has 2 amide bonds. The number of carboxylic acid groups (broad SMARTS) is 1. The zero-order chi connectivity index (χ0) is 33.7. The third-order valence-electron chi connectivity index (χ3n) is 9.71. The van der Waals surface area contributed by atoms with Crippen LogP contribution in [0.2, 0.25) is 0 Å². The van der Waals surface area contributed by atoms with Gasteiger partial charge in [-0.25, -0.2) is 0 Å². The van der Waals surface area contributed by atoms with E-state index in [0.29, 0.717) is 62.0 Å². The van der Waals surface area contributed by atoms with Crippen LogP contribution in [0.3, 0.4) is 0 Å².